The fourth-order valence-electron chi connectivity index (χ4n) is 4.70. The van der Waals surface area contributed by atoms with Gasteiger partial charge in [0, 0.05) is 18.3 Å². The molecule has 0 spiro atoms. The molecule has 3 heterocycles. The number of nitrogens with two attached hydrogens (primary N) is 1. The number of nitrogens with one attached hydrogen (secondary N) is 1. The van der Waals surface area contributed by atoms with E-state index >= 15 is 0 Å². The number of hydrogen-bond donors (Lipinski definition) is 3. The third-order valence-corrected chi connectivity index (χ3v) is 6.50. The highest BCUT2D eigenvalue weighted by atomic mass is 16.3. The third kappa shape index (κ3) is 4.30. The predicted octanol–water partition coefficient (Wildman–Crippen LogP) is 2.13. The Labute approximate surface area is 182 Å². The number of aromatic hydroxyl groups is 1. The largest absolute Gasteiger partial charge is 0.508 e. The van der Waals surface area contributed by atoms with Gasteiger partial charge >= 0.3 is 0 Å². The number of hydrogen-bond acceptors (Lipinski definition) is 6. The Bertz CT molecular complexity index is 954. The van der Waals surface area contributed by atoms with Crippen LogP contribution in [-0.2, 0) is 11.2 Å². The van der Waals surface area contributed by atoms with Crippen molar-refractivity contribution in [2.75, 3.05) is 19.6 Å². The number of carbonyl (C=O) groups excluding carboxylic acids is 1. The molecule has 162 valence electrons. The van der Waals surface area contributed by atoms with Crippen LogP contribution in [0.3, 0.4) is 0 Å². The van der Waals surface area contributed by atoms with Crippen molar-refractivity contribution in [1.82, 2.24) is 20.2 Å². The Kier molecular flexibility index (Phi) is 5.40. The zero-order valence-electron chi connectivity index (χ0n) is 17.5. The maximum atomic E-state index is 12.6. The first-order valence-electron chi connectivity index (χ1n) is 11.0. The number of piperidine rings is 1. The quantitative estimate of drug-likeness (QED) is 0.622. The Hall–Kier alpha value is -2.87. The summed E-state index contributed by atoms with van der Waals surface area (Å²) in [4.78, 5) is 15.0. The van der Waals surface area contributed by atoms with Gasteiger partial charge in [0.05, 0.1) is 0 Å². The average Bonchev–Trinajstić information content (AvgIpc) is 3.52. The molecule has 0 aromatic heterocycles. The zero-order valence-corrected chi connectivity index (χ0v) is 17.5. The van der Waals surface area contributed by atoms with Crippen LogP contribution in [0.2, 0.25) is 0 Å². The SMILES string of the molecule is NC(c1ccccc1)N1C2NC(CN3CCC(Cc4ccc(O)cc4)CC3)=CC(=O)N21. The van der Waals surface area contributed by atoms with E-state index in [1.165, 1.54) is 5.56 Å². The second-order valence-corrected chi connectivity index (χ2v) is 8.70. The molecule has 2 aromatic carbocycles. The summed E-state index contributed by atoms with van der Waals surface area (Å²) < 4.78 is 0. The predicted molar refractivity (Wildman–Crippen MR) is 118 cm³/mol. The van der Waals surface area contributed by atoms with Crippen LogP contribution in [0.5, 0.6) is 5.75 Å². The molecule has 4 N–H and O–H groups in total. The molecule has 5 rings (SSSR count). The molecule has 1 amide bonds. The molecule has 0 bridgehead atoms. The lowest BCUT2D eigenvalue weighted by Crippen LogP contribution is -2.40. The lowest BCUT2D eigenvalue weighted by molar-refractivity contribution is -0.124. The molecule has 3 unspecified atom stereocenters. The Balaban J connectivity index is 1.12. The molecular formula is C24H29N5O2. The van der Waals surface area contributed by atoms with Gasteiger partial charge in [-0.15, -0.1) is 0 Å². The van der Waals surface area contributed by atoms with Gasteiger partial charge in [-0.3, -0.25) is 9.69 Å². The Morgan fingerprint density at radius 3 is 2.48 bits per heavy atom. The lowest BCUT2D eigenvalue weighted by Gasteiger charge is -2.33. The van der Waals surface area contributed by atoms with Crippen molar-refractivity contribution >= 4 is 5.91 Å². The maximum Gasteiger partial charge on any atom is 0.265 e. The summed E-state index contributed by atoms with van der Waals surface area (Å²) in [5, 5.41) is 16.5. The summed E-state index contributed by atoms with van der Waals surface area (Å²) >= 11 is 0. The smallest absolute Gasteiger partial charge is 0.265 e. The number of likely N-dealkylation sites (tertiary alicyclic amines) is 1. The van der Waals surface area contributed by atoms with Gasteiger partial charge in [0.1, 0.15) is 11.9 Å². The van der Waals surface area contributed by atoms with Crippen LogP contribution in [0.25, 0.3) is 0 Å². The molecule has 3 aliphatic heterocycles. The average molecular weight is 420 g/mol. The van der Waals surface area contributed by atoms with Gasteiger partial charge in [-0.1, -0.05) is 42.5 Å². The molecule has 0 saturated carbocycles. The van der Waals surface area contributed by atoms with Crippen molar-refractivity contribution in [2.24, 2.45) is 11.7 Å². The summed E-state index contributed by atoms with van der Waals surface area (Å²) in [6.07, 6.45) is 4.54. The molecule has 2 saturated heterocycles. The highest BCUT2D eigenvalue weighted by Gasteiger charge is 2.54. The number of fused-ring (bicyclic) bond motifs is 1. The minimum absolute atomic E-state index is 0.00709. The number of phenols is 1. The monoisotopic (exact) mass is 419 g/mol. The minimum atomic E-state index is -0.342. The summed E-state index contributed by atoms with van der Waals surface area (Å²) in [6, 6.07) is 17.4. The van der Waals surface area contributed by atoms with Crippen LogP contribution < -0.4 is 11.1 Å². The zero-order chi connectivity index (χ0) is 21.4. The molecular weight excluding hydrogens is 390 g/mol. The van der Waals surface area contributed by atoms with E-state index in [2.05, 4.69) is 10.2 Å². The summed E-state index contributed by atoms with van der Waals surface area (Å²) in [5.41, 5.74) is 9.62. The van der Waals surface area contributed by atoms with E-state index in [0.29, 0.717) is 11.7 Å². The van der Waals surface area contributed by atoms with E-state index in [1.54, 1.807) is 23.2 Å². The van der Waals surface area contributed by atoms with E-state index < -0.39 is 0 Å². The highest BCUT2D eigenvalue weighted by molar-refractivity contribution is 5.90. The summed E-state index contributed by atoms with van der Waals surface area (Å²) in [7, 11) is 0. The van der Waals surface area contributed by atoms with Crippen molar-refractivity contribution in [3.63, 3.8) is 0 Å². The van der Waals surface area contributed by atoms with E-state index in [9.17, 15) is 9.90 Å². The number of rotatable bonds is 6. The van der Waals surface area contributed by atoms with Gasteiger partial charge in [-0.05, 0) is 61.5 Å². The number of amides is 1. The molecule has 0 aliphatic carbocycles. The fourth-order valence-corrected chi connectivity index (χ4v) is 4.70. The van der Waals surface area contributed by atoms with Crippen molar-refractivity contribution < 1.29 is 9.90 Å². The van der Waals surface area contributed by atoms with E-state index in [-0.39, 0.29) is 18.4 Å². The number of benzene rings is 2. The molecule has 2 fully saturated rings. The number of nitrogens with zero attached hydrogens (tertiary/aromatic N) is 3. The number of hydrazine groups is 1. The standard InChI is InChI=1S/C24H29N5O2/c25-23(19-4-2-1-3-5-19)29-24-26-20(15-22(31)28(24)29)16-27-12-10-18(11-13-27)14-17-6-8-21(30)9-7-17/h1-9,15,18,23-24,26,30H,10-14,16,25H2. The summed E-state index contributed by atoms with van der Waals surface area (Å²) in [5.74, 6) is 0.972. The van der Waals surface area contributed by atoms with Crippen LogP contribution in [-0.4, -0.2) is 51.9 Å². The first kappa shape index (κ1) is 20.1. The number of carbonyl (C=O) groups is 1. The number of phenolic OH excluding ortho intramolecular Hbond substituents is 1. The topological polar surface area (TPSA) is 84.6 Å². The van der Waals surface area contributed by atoms with Crippen molar-refractivity contribution in [1.29, 1.82) is 0 Å². The molecule has 31 heavy (non-hydrogen) atoms. The molecule has 7 nitrogen and oxygen atoms in total. The summed E-state index contributed by atoms with van der Waals surface area (Å²) in [6.45, 7) is 2.81. The van der Waals surface area contributed by atoms with Gasteiger partial charge in [-0.2, -0.15) is 5.01 Å². The Morgan fingerprint density at radius 2 is 1.77 bits per heavy atom. The maximum absolute atomic E-state index is 12.6. The fraction of sp³-hybridized carbons (Fsp3) is 0.375. The highest BCUT2D eigenvalue weighted by Crippen LogP contribution is 2.36. The third-order valence-electron chi connectivity index (χ3n) is 6.50. The van der Waals surface area contributed by atoms with Gasteiger partial charge in [0.25, 0.3) is 5.91 Å². The van der Waals surface area contributed by atoms with E-state index in [0.717, 1.165) is 50.2 Å². The Morgan fingerprint density at radius 1 is 1.06 bits per heavy atom. The second kappa shape index (κ2) is 8.34. The molecule has 3 aliphatic rings. The van der Waals surface area contributed by atoms with Gasteiger partial charge in [0.2, 0.25) is 0 Å². The van der Waals surface area contributed by atoms with Crippen molar-refractivity contribution in [3.05, 3.63) is 77.5 Å². The first-order valence-corrected chi connectivity index (χ1v) is 11.0. The van der Waals surface area contributed by atoms with Crippen molar-refractivity contribution in [2.45, 2.75) is 31.7 Å². The minimum Gasteiger partial charge on any atom is -0.508 e. The lowest BCUT2D eigenvalue weighted by atomic mass is 9.90. The second-order valence-electron chi connectivity index (χ2n) is 8.70. The van der Waals surface area contributed by atoms with Crippen LogP contribution in [0.1, 0.15) is 30.1 Å². The molecule has 3 atom stereocenters. The van der Waals surface area contributed by atoms with Gasteiger partial charge in [0.15, 0.2) is 6.29 Å². The van der Waals surface area contributed by atoms with Gasteiger partial charge in [-0.25, -0.2) is 5.01 Å². The van der Waals surface area contributed by atoms with Crippen molar-refractivity contribution in [3.8, 4) is 5.75 Å². The van der Waals surface area contributed by atoms with Crippen LogP contribution in [0.4, 0.5) is 0 Å². The van der Waals surface area contributed by atoms with Crippen LogP contribution in [0, 0.1) is 5.92 Å². The first-order chi connectivity index (χ1) is 15.1. The van der Waals surface area contributed by atoms with Gasteiger partial charge < -0.3 is 16.2 Å². The van der Waals surface area contributed by atoms with Crippen LogP contribution in [0.15, 0.2) is 66.4 Å². The normalized spacial score (nSPS) is 24.9. The molecule has 7 heteroatoms. The van der Waals surface area contributed by atoms with Crippen LogP contribution >= 0.6 is 0 Å². The molecule has 2 aromatic rings. The molecule has 0 radical (unpaired) electrons. The van der Waals surface area contributed by atoms with E-state index in [4.69, 9.17) is 5.73 Å². The van der Waals surface area contributed by atoms with E-state index in [1.807, 2.05) is 47.5 Å².